The van der Waals surface area contributed by atoms with Crippen molar-refractivity contribution in [2.45, 2.75) is 6.92 Å². The Bertz CT molecular complexity index is 230. The van der Waals surface area contributed by atoms with Crippen molar-refractivity contribution in [1.82, 2.24) is 0 Å². The van der Waals surface area contributed by atoms with E-state index in [2.05, 4.69) is 0 Å². The largest absolute Gasteiger partial charge is 0.478 e. The second kappa shape index (κ2) is 4.12. The third-order valence-corrected chi connectivity index (χ3v) is 0.386. The zero-order valence-corrected chi connectivity index (χ0v) is 4.43. The van der Waals surface area contributed by atoms with Crippen LogP contribution in [0.3, 0.4) is 0 Å². The van der Waals surface area contributed by atoms with Crippen LogP contribution >= 0.6 is 0 Å². The number of hydrogen-bond donors (Lipinski definition) is 1. The topological polar surface area (TPSA) is 37.3 Å². The highest BCUT2D eigenvalue weighted by Gasteiger charge is 1.78. The van der Waals surface area contributed by atoms with Crippen molar-refractivity contribution in [3.63, 3.8) is 0 Å². The van der Waals surface area contributed by atoms with E-state index in [0.29, 0.717) is 0 Å². The van der Waals surface area contributed by atoms with Gasteiger partial charge < -0.3 is 5.11 Å². The van der Waals surface area contributed by atoms with E-state index in [9.17, 15) is 4.79 Å². The van der Waals surface area contributed by atoms with Crippen molar-refractivity contribution in [3.8, 4) is 0 Å². The summed E-state index contributed by atoms with van der Waals surface area (Å²) in [6, 6.07) is -1.68. The maximum Gasteiger partial charge on any atom is 0.328 e. The minimum absolute atomic E-state index is 0.252. The van der Waals surface area contributed by atoms with Crippen molar-refractivity contribution in [2.24, 2.45) is 0 Å². The Balaban J connectivity index is 4.81. The fourth-order valence-electron chi connectivity index (χ4n) is 0.162. The van der Waals surface area contributed by atoms with Crippen molar-refractivity contribution in [2.75, 3.05) is 0 Å². The normalized spacial score (nSPS) is 20.1. The van der Waals surface area contributed by atoms with Gasteiger partial charge in [-0.1, -0.05) is 18.2 Å². The molecule has 0 aliphatic heterocycles. The molecule has 0 heterocycles. The molecular weight excluding hydrogens is 104 g/mol. The molecule has 0 fully saturated rings. The highest BCUT2D eigenvalue weighted by molar-refractivity contribution is 5.80. The van der Waals surface area contributed by atoms with Gasteiger partial charge in [0.1, 0.15) is 0 Å². The van der Waals surface area contributed by atoms with Gasteiger partial charge in [0.05, 0.1) is 4.11 Å². The minimum Gasteiger partial charge on any atom is -0.478 e. The van der Waals surface area contributed by atoms with E-state index in [1.54, 1.807) is 0 Å². The van der Waals surface area contributed by atoms with Crippen LogP contribution in [0.2, 0.25) is 0 Å². The van der Waals surface area contributed by atoms with Gasteiger partial charge >= 0.3 is 5.97 Å². The molecule has 44 valence electrons. The monoisotopic (exact) mass is 115 g/mol. The summed E-state index contributed by atoms with van der Waals surface area (Å²) in [5, 5.41) is 8.22. The smallest absolute Gasteiger partial charge is 0.328 e. The Labute approximate surface area is 52.4 Å². The van der Waals surface area contributed by atoms with Crippen LogP contribution in [0.1, 0.15) is 11.0 Å². The summed E-state index contributed by atoms with van der Waals surface area (Å²) in [6.07, 6.45) is 1.26. The summed E-state index contributed by atoms with van der Waals surface area (Å²) in [5.74, 6) is -1.48. The van der Waals surface area contributed by atoms with Gasteiger partial charge in [0.15, 0.2) is 0 Å². The van der Waals surface area contributed by atoms with Crippen LogP contribution in [-0.4, -0.2) is 11.1 Å². The second-order valence-corrected chi connectivity index (χ2v) is 0.988. The molecule has 0 aromatic carbocycles. The molecule has 0 saturated heterocycles. The Morgan fingerprint density at radius 3 is 2.75 bits per heavy atom. The molecule has 0 amide bonds. The second-order valence-electron chi connectivity index (χ2n) is 0.988. The molecule has 2 heteroatoms. The highest BCUT2D eigenvalue weighted by Crippen LogP contribution is 1.74. The molecule has 0 aliphatic rings. The standard InChI is InChI=1S/C6H8O2/c1-2-3-4-5-6(7)8/h2-5H,1H3,(H,7,8)/b3-2+,5-4+/i3D,4D,5D. The first-order chi connectivity index (χ1) is 5.00. The maximum absolute atomic E-state index is 10.1. The lowest BCUT2D eigenvalue weighted by Gasteiger charge is -1.72. The maximum atomic E-state index is 10.1. The average Bonchev–Trinajstić information content (AvgIpc) is 2.00. The molecule has 0 rings (SSSR count). The van der Waals surface area contributed by atoms with Gasteiger partial charge in [-0.25, -0.2) is 4.79 Å². The van der Waals surface area contributed by atoms with E-state index in [4.69, 9.17) is 9.22 Å². The van der Waals surface area contributed by atoms with Crippen LogP contribution in [-0.2, 0) is 4.79 Å². The van der Waals surface area contributed by atoms with Crippen LogP contribution in [0.15, 0.2) is 24.2 Å². The van der Waals surface area contributed by atoms with E-state index in [1.165, 1.54) is 13.0 Å². The lowest BCUT2D eigenvalue weighted by molar-refractivity contribution is -0.131. The molecule has 0 aromatic rings. The number of hydrogen-bond acceptors (Lipinski definition) is 1. The Morgan fingerprint density at radius 1 is 1.75 bits per heavy atom. The molecule has 0 aromatic heterocycles. The number of rotatable bonds is 2. The van der Waals surface area contributed by atoms with Gasteiger partial charge in [0.2, 0.25) is 0 Å². The average molecular weight is 115 g/mol. The van der Waals surface area contributed by atoms with Gasteiger partial charge in [0.25, 0.3) is 0 Å². The molecule has 8 heavy (non-hydrogen) atoms. The lowest BCUT2D eigenvalue weighted by Crippen LogP contribution is -1.83. The fourth-order valence-corrected chi connectivity index (χ4v) is 0.162. The molecule has 0 saturated carbocycles. The summed E-state index contributed by atoms with van der Waals surface area (Å²) in [5.41, 5.74) is 0. The number of aliphatic carboxylic acids is 1. The predicted molar refractivity (Wildman–Crippen MR) is 31.6 cm³/mol. The van der Waals surface area contributed by atoms with Crippen LogP contribution in [0.25, 0.3) is 0 Å². The molecule has 2 nitrogen and oxygen atoms in total. The van der Waals surface area contributed by atoms with Crippen molar-refractivity contribution in [1.29, 1.82) is 0 Å². The van der Waals surface area contributed by atoms with E-state index in [-0.39, 0.29) is 6.05 Å². The minimum atomic E-state index is -1.48. The SMILES string of the molecule is [2H]C(=C\C)/C([2H])=C(\[2H])C(=O)O. The molecule has 1 N–H and O–H groups in total. The summed E-state index contributed by atoms with van der Waals surface area (Å²) in [6.45, 7) is 1.51. The summed E-state index contributed by atoms with van der Waals surface area (Å²) in [4.78, 5) is 10.1. The summed E-state index contributed by atoms with van der Waals surface area (Å²) < 4.78 is 20.8. The Kier molecular flexibility index (Phi) is 1.58. The highest BCUT2D eigenvalue weighted by atomic mass is 16.4. The summed E-state index contributed by atoms with van der Waals surface area (Å²) in [7, 11) is 0. The lowest BCUT2D eigenvalue weighted by atomic mass is 10.4. The van der Waals surface area contributed by atoms with Gasteiger partial charge in [-0.05, 0) is 6.92 Å². The number of carboxylic acids is 1. The summed E-state index contributed by atoms with van der Waals surface area (Å²) >= 11 is 0. The van der Waals surface area contributed by atoms with Gasteiger partial charge in [-0.2, -0.15) is 0 Å². The Morgan fingerprint density at radius 2 is 2.38 bits per heavy atom. The van der Waals surface area contributed by atoms with E-state index in [1.807, 2.05) is 0 Å². The van der Waals surface area contributed by atoms with E-state index >= 15 is 0 Å². The third kappa shape index (κ3) is 4.95. The van der Waals surface area contributed by atoms with Crippen LogP contribution in [0.4, 0.5) is 0 Å². The molecular formula is C6H8O2. The number of carboxylic acid groups (broad SMARTS) is 1. The van der Waals surface area contributed by atoms with Crippen LogP contribution < -0.4 is 0 Å². The van der Waals surface area contributed by atoms with E-state index in [0.717, 1.165) is 0 Å². The van der Waals surface area contributed by atoms with E-state index < -0.39 is 18.1 Å². The first-order valence-electron chi connectivity index (χ1n) is 3.54. The molecule has 0 aliphatic carbocycles. The zero-order valence-electron chi connectivity index (χ0n) is 7.43. The van der Waals surface area contributed by atoms with Crippen molar-refractivity contribution < 1.29 is 14.0 Å². The number of carbonyl (C=O) groups is 1. The molecule has 0 radical (unpaired) electrons. The van der Waals surface area contributed by atoms with Gasteiger partial charge in [0, 0.05) is 6.05 Å². The predicted octanol–water partition coefficient (Wildman–Crippen LogP) is 1.20. The van der Waals surface area contributed by atoms with Crippen LogP contribution in [0.5, 0.6) is 0 Å². The zero-order chi connectivity index (χ0) is 9.02. The van der Waals surface area contributed by atoms with Crippen molar-refractivity contribution in [3.05, 3.63) is 24.2 Å². The quantitative estimate of drug-likeness (QED) is 0.433. The third-order valence-electron chi connectivity index (χ3n) is 0.386. The Hall–Kier alpha value is -1.05. The van der Waals surface area contributed by atoms with Crippen LogP contribution in [0, 0.1) is 0 Å². The first-order valence-corrected chi connectivity index (χ1v) is 2.04. The molecule has 0 unspecified atom stereocenters. The molecule has 0 atom stereocenters. The van der Waals surface area contributed by atoms with Gasteiger partial charge in [-0.3, -0.25) is 0 Å². The van der Waals surface area contributed by atoms with Crippen molar-refractivity contribution >= 4 is 5.97 Å². The first kappa shape index (κ1) is 3.07. The van der Waals surface area contributed by atoms with Gasteiger partial charge in [-0.15, -0.1) is 0 Å². The number of allylic oxidation sites excluding steroid dienone is 3. The fraction of sp³-hybridized carbons (Fsp3) is 0.167. The molecule has 0 spiro atoms. The molecule has 0 bridgehead atoms.